The number of hydrogen-bond acceptors (Lipinski definition) is 2. The van der Waals surface area contributed by atoms with Crippen molar-refractivity contribution in [3.63, 3.8) is 0 Å². The lowest BCUT2D eigenvalue weighted by Crippen LogP contribution is -2.51. The Morgan fingerprint density at radius 2 is 1.58 bits per heavy atom. The molecule has 0 radical (unpaired) electrons. The van der Waals surface area contributed by atoms with Crippen molar-refractivity contribution in [1.29, 1.82) is 0 Å². The van der Waals surface area contributed by atoms with Gasteiger partial charge in [0.1, 0.15) is 0 Å². The Balaban J connectivity index is 2.92. The van der Waals surface area contributed by atoms with E-state index in [0.717, 1.165) is 16.5 Å². The summed E-state index contributed by atoms with van der Waals surface area (Å²) in [5, 5.41) is 0.719. The van der Waals surface area contributed by atoms with Gasteiger partial charge in [-0.25, -0.2) is 4.39 Å². The van der Waals surface area contributed by atoms with Gasteiger partial charge in [-0.3, -0.25) is 0 Å². The molecule has 5 heteroatoms. The Hall–Kier alpha value is -1.33. The molecule has 3 nitrogen and oxygen atoms in total. The van der Waals surface area contributed by atoms with E-state index in [9.17, 15) is 0 Å². The lowest BCUT2D eigenvalue weighted by atomic mass is 10.1. The monoisotopic (exact) mass is 378 g/mol. The van der Waals surface area contributed by atoms with Crippen LogP contribution in [0.2, 0.25) is 16.6 Å². The fraction of sp³-hybridized carbons (Fsp3) is 0.619. The van der Waals surface area contributed by atoms with Gasteiger partial charge in [-0.05, 0) is 48.4 Å². The molecule has 0 unspecified atom stereocenters. The molecular formula is C21H35FN2OSi. The molecule has 0 saturated heterocycles. The molecule has 0 aliphatic heterocycles. The van der Waals surface area contributed by atoms with Crippen molar-refractivity contribution in [2.75, 3.05) is 21.2 Å². The van der Waals surface area contributed by atoms with Crippen LogP contribution < -0.4 is 4.74 Å². The molecule has 0 saturated carbocycles. The first kappa shape index (κ1) is 21.0. The minimum absolute atomic E-state index is 0.236. The van der Waals surface area contributed by atoms with Crippen LogP contribution in [0.15, 0.2) is 18.3 Å². The molecule has 2 rings (SSSR count). The van der Waals surface area contributed by atoms with E-state index < -0.39 is 8.24 Å². The van der Waals surface area contributed by atoms with Crippen molar-refractivity contribution in [3.8, 4) is 5.75 Å². The van der Waals surface area contributed by atoms with Crippen LogP contribution in [0.3, 0.4) is 0 Å². The average molecular weight is 379 g/mol. The zero-order chi connectivity index (χ0) is 19.8. The van der Waals surface area contributed by atoms with E-state index in [-0.39, 0.29) is 5.82 Å². The number of halogens is 1. The summed E-state index contributed by atoms with van der Waals surface area (Å²) in [5.41, 5.74) is 3.71. The third kappa shape index (κ3) is 3.20. The molecule has 0 spiro atoms. The highest BCUT2D eigenvalue weighted by Crippen LogP contribution is 2.45. The molecule has 1 aromatic heterocycles. The lowest BCUT2D eigenvalue weighted by molar-refractivity contribution is 0.387. The Bertz CT molecular complexity index is 743. The predicted octanol–water partition coefficient (Wildman–Crippen LogP) is 5.87. The molecule has 0 fully saturated rings. The van der Waals surface area contributed by atoms with Gasteiger partial charge in [0.25, 0.3) is 0 Å². The van der Waals surface area contributed by atoms with E-state index >= 15 is 4.39 Å². The highest BCUT2D eigenvalue weighted by atomic mass is 28.3. The Labute approximate surface area is 159 Å². The van der Waals surface area contributed by atoms with Gasteiger partial charge in [0.2, 0.25) is 0 Å². The minimum atomic E-state index is -1.96. The van der Waals surface area contributed by atoms with Crippen LogP contribution in [-0.2, 0) is 6.54 Å². The molecule has 0 bridgehead atoms. The van der Waals surface area contributed by atoms with E-state index in [1.807, 2.05) is 20.2 Å². The molecule has 0 amide bonds. The van der Waals surface area contributed by atoms with Crippen molar-refractivity contribution >= 4 is 19.1 Å². The number of rotatable bonds is 7. The van der Waals surface area contributed by atoms with Gasteiger partial charge < -0.3 is 13.9 Å². The fourth-order valence-corrected chi connectivity index (χ4v) is 11.8. The maximum atomic E-state index is 15.2. The predicted molar refractivity (Wildman–Crippen MR) is 112 cm³/mol. The van der Waals surface area contributed by atoms with Gasteiger partial charge in [-0.2, -0.15) is 0 Å². The number of methoxy groups -OCH3 is 1. The number of ether oxygens (including phenoxy) is 1. The van der Waals surface area contributed by atoms with Crippen LogP contribution in [0.4, 0.5) is 4.39 Å². The summed E-state index contributed by atoms with van der Waals surface area (Å²) in [6, 6.07) is 3.82. The molecule has 0 atom stereocenters. The third-order valence-electron chi connectivity index (χ3n) is 5.85. The number of fused-ring (bicyclic) bond motifs is 1. The molecule has 0 N–H and O–H groups in total. The summed E-state index contributed by atoms with van der Waals surface area (Å²) in [4.78, 5) is 2.10. The van der Waals surface area contributed by atoms with Crippen LogP contribution in [0.1, 0.15) is 47.1 Å². The average Bonchev–Trinajstić information content (AvgIpc) is 2.86. The molecule has 2 aromatic rings. The number of nitrogens with zero attached hydrogens (tertiary/aromatic N) is 2. The summed E-state index contributed by atoms with van der Waals surface area (Å²) in [7, 11) is 3.63. The highest BCUT2D eigenvalue weighted by Gasteiger charge is 2.46. The second kappa shape index (κ2) is 7.73. The Morgan fingerprint density at radius 3 is 2.00 bits per heavy atom. The van der Waals surface area contributed by atoms with E-state index in [2.05, 4.69) is 56.9 Å². The lowest BCUT2D eigenvalue weighted by Gasteiger charge is -2.44. The quantitative estimate of drug-likeness (QED) is 0.560. The summed E-state index contributed by atoms with van der Waals surface area (Å²) < 4.78 is 23.0. The van der Waals surface area contributed by atoms with E-state index in [1.165, 1.54) is 7.11 Å². The van der Waals surface area contributed by atoms with Crippen LogP contribution in [0.5, 0.6) is 5.75 Å². The van der Waals surface area contributed by atoms with E-state index in [0.29, 0.717) is 28.9 Å². The normalized spacial score (nSPS) is 13.0. The molecule has 146 valence electrons. The first-order valence-corrected chi connectivity index (χ1v) is 11.8. The second-order valence-electron chi connectivity index (χ2n) is 8.59. The van der Waals surface area contributed by atoms with Crippen LogP contribution in [-0.4, -0.2) is 38.6 Å². The van der Waals surface area contributed by atoms with Gasteiger partial charge in [0, 0.05) is 23.6 Å². The van der Waals surface area contributed by atoms with E-state index in [4.69, 9.17) is 4.74 Å². The zero-order valence-electron chi connectivity index (χ0n) is 17.9. The number of benzene rings is 1. The largest absolute Gasteiger partial charge is 0.494 e. The van der Waals surface area contributed by atoms with Gasteiger partial charge in [0.15, 0.2) is 19.8 Å². The summed E-state index contributed by atoms with van der Waals surface area (Å²) >= 11 is 0. The van der Waals surface area contributed by atoms with Gasteiger partial charge in [-0.1, -0.05) is 41.5 Å². The van der Waals surface area contributed by atoms with E-state index in [1.54, 1.807) is 6.07 Å². The maximum Gasteiger partial charge on any atom is 0.174 e. The molecule has 0 aliphatic carbocycles. The van der Waals surface area contributed by atoms with Crippen molar-refractivity contribution in [2.24, 2.45) is 0 Å². The molecule has 1 aromatic carbocycles. The third-order valence-corrected chi connectivity index (χ3v) is 12.6. The maximum absolute atomic E-state index is 15.2. The van der Waals surface area contributed by atoms with Gasteiger partial charge >= 0.3 is 0 Å². The van der Waals surface area contributed by atoms with Crippen molar-refractivity contribution in [1.82, 2.24) is 9.13 Å². The first-order valence-electron chi connectivity index (χ1n) is 9.60. The smallest absolute Gasteiger partial charge is 0.174 e. The van der Waals surface area contributed by atoms with Crippen molar-refractivity contribution in [2.45, 2.75) is 64.7 Å². The topological polar surface area (TPSA) is 17.4 Å². The number of hydrogen-bond donors (Lipinski definition) is 0. The number of aromatic nitrogens is 1. The second-order valence-corrected chi connectivity index (χ2v) is 14.3. The Kier molecular flexibility index (Phi) is 6.23. The van der Waals surface area contributed by atoms with Gasteiger partial charge in [0.05, 0.1) is 7.11 Å². The molecule has 0 aliphatic rings. The molecular weight excluding hydrogens is 343 g/mol. The minimum Gasteiger partial charge on any atom is -0.494 e. The summed E-state index contributed by atoms with van der Waals surface area (Å²) in [6.07, 6.45) is 2.24. The Morgan fingerprint density at radius 1 is 1.04 bits per heavy atom. The molecule has 26 heavy (non-hydrogen) atoms. The fourth-order valence-electron chi connectivity index (χ4n) is 5.12. The standard InChI is InChI=1S/C21H35FN2OSi/c1-14(2)26(15(3)4,16(5)6)24-13-17(12-23(7)8)20-18(24)10-11-19(25-9)21(20)22/h10-11,13-16H,12H2,1-9H3. The first-order chi connectivity index (χ1) is 12.1. The van der Waals surface area contributed by atoms with Crippen molar-refractivity contribution in [3.05, 3.63) is 29.7 Å². The van der Waals surface area contributed by atoms with Crippen LogP contribution in [0, 0.1) is 5.82 Å². The summed E-state index contributed by atoms with van der Waals surface area (Å²) in [5.74, 6) is 0.0842. The van der Waals surface area contributed by atoms with Gasteiger partial charge in [-0.15, -0.1) is 0 Å². The zero-order valence-corrected chi connectivity index (χ0v) is 18.9. The van der Waals surface area contributed by atoms with Crippen molar-refractivity contribution < 1.29 is 9.13 Å². The van der Waals surface area contributed by atoms with Crippen LogP contribution in [0.25, 0.3) is 10.9 Å². The summed E-state index contributed by atoms with van der Waals surface area (Å²) in [6.45, 7) is 14.7. The van der Waals surface area contributed by atoms with Crippen LogP contribution >= 0.6 is 0 Å². The highest BCUT2D eigenvalue weighted by molar-refractivity contribution is 6.82. The molecule has 1 heterocycles. The SMILES string of the molecule is COc1ccc2c(c(CN(C)C)cn2[Si](C(C)C)(C(C)C)C(C)C)c1F.